The predicted octanol–water partition coefficient (Wildman–Crippen LogP) is 8.09. The van der Waals surface area contributed by atoms with Crippen LogP contribution in [0.15, 0.2) is 0 Å². The molecule has 0 aliphatic carbocycles. The van der Waals surface area contributed by atoms with E-state index in [1.165, 1.54) is 77.0 Å². The van der Waals surface area contributed by atoms with E-state index >= 15 is 0 Å². The van der Waals surface area contributed by atoms with Crippen molar-refractivity contribution >= 4 is 15.8 Å². The summed E-state index contributed by atoms with van der Waals surface area (Å²) >= 11 is 0. The van der Waals surface area contributed by atoms with Gasteiger partial charge < -0.3 is 11.0 Å². The third-order valence-corrected chi connectivity index (χ3v) is 10.7. The molecule has 0 rings (SSSR count). The first-order chi connectivity index (χ1) is 12.7. The van der Waals surface area contributed by atoms with Crippen molar-refractivity contribution in [2.45, 2.75) is 119 Å². The molecule has 0 spiro atoms. The topological polar surface area (TPSA) is 63.0 Å². The lowest BCUT2D eigenvalue weighted by Gasteiger charge is -2.16. The monoisotopic (exact) mass is 440 g/mol. The van der Waals surface area contributed by atoms with Crippen LogP contribution < -0.4 is 0 Å². The molecule has 0 amide bonds. The van der Waals surface area contributed by atoms with Crippen molar-refractivity contribution in [3.8, 4) is 0 Å². The molecule has 0 aliphatic heterocycles. The number of hydrogen-bond donors (Lipinski definition) is 0. The van der Waals surface area contributed by atoms with E-state index in [1.807, 2.05) is 0 Å². The minimum atomic E-state index is 0. The molecule has 0 atom stereocenters. The molecule has 4 N–H and O–H groups in total. The molecule has 0 aromatic rings. The van der Waals surface area contributed by atoms with Crippen molar-refractivity contribution in [2.24, 2.45) is 0 Å². The largest absolute Gasteiger partial charge is 0.412 e. The summed E-state index contributed by atoms with van der Waals surface area (Å²) in [7, 11) is 0.843. The van der Waals surface area contributed by atoms with Crippen LogP contribution in [0.4, 0.5) is 0 Å². The fourth-order valence-electron chi connectivity index (χ4n) is 2.96. The molecule has 0 saturated carbocycles. The van der Waals surface area contributed by atoms with Gasteiger partial charge in [-0.3, -0.25) is 0 Å². The molecule has 0 bridgehead atoms. The van der Waals surface area contributed by atoms with Gasteiger partial charge >= 0.3 is 0 Å². The zero-order chi connectivity index (χ0) is 19.9. The van der Waals surface area contributed by atoms with Crippen LogP contribution in [0.3, 0.4) is 0 Å². The molecule has 0 heterocycles. The van der Waals surface area contributed by atoms with Crippen LogP contribution in [-0.4, -0.2) is 47.9 Å². The molecule has 0 aliphatic rings. The van der Waals surface area contributed by atoms with Crippen molar-refractivity contribution in [1.82, 2.24) is 0 Å². The highest BCUT2D eigenvalue weighted by molar-refractivity contribution is 7.57. The molecule has 0 unspecified atom stereocenters. The molecule has 0 radical (unpaired) electrons. The van der Waals surface area contributed by atoms with Gasteiger partial charge in [0.1, 0.15) is 0 Å². The summed E-state index contributed by atoms with van der Waals surface area (Å²) in [4.78, 5) is 0. The SMILES string of the molecule is CCCCP(CCCC)CCCC.CCCCP(CCCC)CCCC.O.O. The molecule has 176 valence electrons. The van der Waals surface area contributed by atoms with Crippen molar-refractivity contribution in [2.75, 3.05) is 37.0 Å². The summed E-state index contributed by atoms with van der Waals surface area (Å²) in [6, 6.07) is 0. The Morgan fingerprint density at radius 1 is 0.321 bits per heavy atom. The predicted molar refractivity (Wildman–Crippen MR) is 140 cm³/mol. The summed E-state index contributed by atoms with van der Waals surface area (Å²) < 4.78 is 0. The van der Waals surface area contributed by atoms with E-state index in [4.69, 9.17) is 0 Å². The number of rotatable bonds is 18. The fraction of sp³-hybridized carbons (Fsp3) is 1.00. The van der Waals surface area contributed by atoms with E-state index in [1.54, 1.807) is 37.0 Å². The lowest BCUT2D eigenvalue weighted by atomic mass is 10.4. The van der Waals surface area contributed by atoms with Crippen molar-refractivity contribution < 1.29 is 11.0 Å². The highest BCUT2D eigenvalue weighted by Crippen LogP contribution is 2.39. The molecular formula is C24H58O2P2. The van der Waals surface area contributed by atoms with Crippen LogP contribution >= 0.6 is 15.8 Å². The summed E-state index contributed by atoms with van der Waals surface area (Å²) in [5.74, 6) is 0. The highest BCUT2D eigenvalue weighted by atomic mass is 31.1. The van der Waals surface area contributed by atoms with Gasteiger partial charge in [0.25, 0.3) is 0 Å². The molecule has 4 heteroatoms. The van der Waals surface area contributed by atoms with Crippen molar-refractivity contribution in [3.63, 3.8) is 0 Å². The van der Waals surface area contributed by atoms with Crippen LogP contribution in [0.2, 0.25) is 0 Å². The summed E-state index contributed by atoms with van der Waals surface area (Å²) in [5, 5.41) is 0. The van der Waals surface area contributed by atoms with Crippen molar-refractivity contribution in [3.05, 3.63) is 0 Å². The highest BCUT2D eigenvalue weighted by Gasteiger charge is 2.06. The summed E-state index contributed by atoms with van der Waals surface area (Å²) in [5.41, 5.74) is 0. The van der Waals surface area contributed by atoms with Crippen molar-refractivity contribution in [1.29, 1.82) is 0 Å². The Kier molecular flexibility index (Phi) is 41.9. The molecule has 0 fully saturated rings. The van der Waals surface area contributed by atoms with E-state index < -0.39 is 0 Å². The van der Waals surface area contributed by atoms with Gasteiger partial charge in [-0.25, -0.2) is 0 Å². The van der Waals surface area contributed by atoms with Gasteiger partial charge in [0.15, 0.2) is 0 Å². The van der Waals surface area contributed by atoms with E-state index in [-0.39, 0.29) is 11.0 Å². The minimum Gasteiger partial charge on any atom is -0.412 e. The van der Waals surface area contributed by atoms with Crippen LogP contribution in [0.5, 0.6) is 0 Å². The normalized spacial score (nSPS) is 10.3. The van der Waals surface area contributed by atoms with E-state index in [0.29, 0.717) is 15.8 Å². The Bertz CT molecular complexity index is 179. The van der Waals surface area contributed by atoms with Gasteiger partial charge in [-0.15, -0.1) is 15.8 Å². The lowest BCUT2D eigenvalue weighted by Crippen LogP contribution is -1.95. The van der Waals surface area contributed by atoms with Gasteiger partial charge in [-0.1, -0.05) is 80.1 Å². The Hall–Kier alpha value is 0.780. The van der Waals surface area contributed by atoms with Gasteiger partial charge in [0.05, 0.1) is 0 Å². The maximum atomic E-state index is 2.31. The van der Waals surface area contributed by atoms with E-state index in [0.717, 1.165) is 0 Å². The first kappa shape index (κ1) is 36.2. The van der Waals surface area contributed by atoms with E-state index in [2.05, 4.69) is 41.5 Å². The second-order valence-electron chi connectivity index (χ2n) is 7.80. The second-order valence-corrected chi connectivity index (χ2v) is 13.2. The molecule has 0 aromatic carbocycles. The first-order valence-electron chi connectivity index (χ1n) is 12.1. The molecule has 0 aromatic heterocycles. The molecule has 2 nitrogen and oxygen atoms in total. The van der Waals surface area contributed by atoms with Crippen LogP contribution in [-0.2, 0) is 0 Å². The fourth-order valence-corrected chi connectivity index (χ4v) is 8.88. The summed E-state index contributed by atoms with van der Waals surface area (Å²) in [6.07, 6.45) is 26.4. The Balaban J connectivity index is -0.000000192. The quantitative estimate of drug-likeness (QED) is 0.193. The molecule has 0 saturated heterocycles. The molecule has 28 heavy (non-hydrogen) atoms. The van der Waals surface area contributed by atoms with Crippen LogP contribution in [0, 0.1) is 0 Å². The van der Waals surface area contributed by atoms with Crippen LogP contribution in [0.25, 0.3) is 0 Å². The Labute approximate surface area is 182 Å². The standard InChI is InChI=1S/2C12H27P.2H2O/c2*1-4-7-10-13(11-8-5-2)12-9-6-3;;/h2*4-12H2,1-3H3;2*1H2. The van der Waals surface area contributed by atoms with Gasteiger partial charge in [-0.2, -0.15) is 0 Å². The summed E-state index contributed by atoms with van der Waals surface area (Å²) in [6.45, 7) is 13.9. The lowest BCUT2D eigenvalue weighted by molar-refractivity contribution is 0.823. The third-order valence-electron chi connectivity index (χ3n) is 4.97. The van der Waals surface area contributed by atoms with Crippen LogP contribution in [0.1, 0.15) is 119 Å². The smallest absolute Gasteiger partial charge is 0.0326 e. The Morgan fingerprint density at radius 3 is 0.571 bits per heavy atom. The third kappa shape index (κ3) is 29.0. The Morgan fingerprint density at radius 2 is 0.464 bits per heavy atom. The minimum absolute atomic E-state index is 0. The number of hydrogen-bond acceptors (Lipinski definition) is 0. The average Bonchev–Trinajstić information content (AvgIpc) is 2.67. The average molecular weight is 441 g/mol. The van der Waals surface area contributed by atoms with Gasteiger partial charge in [0.2, 0.25) is 0 Å². The first-order valence-corrected chi connectivity index (χ1v) is 15.9. The maximum Gasteiger partial charge on any atom is -0.0326 e. The van der Waals surface area contributed by atoms with Gasteiger partial charge in [-0.05, 0) is 75.5 Å². The molecular weight excluding hydrogens is 382 g/mol. The second kappa shape index (κ2) is 32.4. The number of unbranched alkanes of at least 4 members (excludes halogenated alkanes) is 6. The van der Waals surface area contributed by atoms with E-state index in [9.17, 15) is 0 Å². The zero-order valence-corrected chi connectivity index (χ0v) is 22.4. The zero-order valence-electron chi connectivity index (χ0n) is 20.6. The van der Waals surface area contributed by atoms with Gasteiger partial charge in [0, 0.05) is 0 Å². The maximum absolute atomic E-state index is 2.31.